The standard InChI is InChI=1S/3C21H17F2N3O/c1-21(2)9-7-18-25-17-11-13(4-6-15(17)20(27)26(18)12-21)3-5-14-16(22)8-10-24-19(14)23;1-21(2)9-7-17-25-16-11-13(4-6-15(16)20(27)26(17)12-21)3-5-14-8-10-24-19(23)18(14)22;1-21(2)8-7-19-25-17-9-13(4-6-15(17)20(27)26(19)12-21)3-5-14-10-18(23)24-11-16(14)22/h2*4,6,8,10-11H,7,9,12H2,1-2H3;4,6,9-11H,7-8,12H2,1-2H3. The highest BCUT2D eigenvalue weighted by Gasteiger charge is 2.30. The fraction of sp³-hybridized carbons (Fsp3) is 0.286. The van der Waals surface area contributed by atoms with Gasteiger partial charge in [0.05, 0.1) is 50.0 Å². The number of aryl methyl sites for hydroxylation is 3. The molecule has 0 radical (unpaired) electrons. The molecule has 0 fully saturated rings. The molecule has 18 heteroatoms. The van der Waals surface area contributed by atoms with Crippen molar-refractivity contribution in [3.05, 3.63) is 209 Å². The van der Waals surface area contributed by atoms with Gasteiger partial charge in [-0.05, 0) is 102 Å². The smallest absolute Gasteiger partial charge is 0.261 e. The highest BCUT2D eigenvalue weighted by molar-refractivity contribution is 5.81. The number of rotatable bonds is 0. The summed E-state index contributed by atoms with van der Waals surface area (Å²) in [4.78, 5) is 62.3. The molecule has 0 saturated carbocycles. The van der Waals surface area contributed by atoms with Crippen LogP contribution in [0.5, 0.6) is 0 Å². The summed E-state index contributed by atoms with van der Waals surface area (Å²) in [5.74, 6) is 12.9. The number of aromatic nitrogens is 9. The molecule has 3 aliphatic heterocycles. The van der Waals surface area contributed by atoms with Crippen molar-refractivity contribution in [1.82, 2.24) is 43.6 Å². The van der Waals surface area contributed by atoms with E-state index in [1.807, 2.05) is 0 Å². The van der Waals surface area contributed by atoms with Crippen LogP contribution in [0.4, 0.5) is 26.3 Å². The average molecular weight is 1100 g/mol. The maximum atomic E-state index is 13.7. The van der Waals surface area contributed by atoms with Gasteiger partial charge in [0.25, 0.3) is 16.7 Å². The van der Waals surface area contributed by atoms with E-state index in [0.29, 0.717) is 69.0 Å². The van der Waals surface area contributed by atoms with Crippen LogP contribution in [0, 0.1) is 87.1 Å². The second kappa shape index (κ2) is 21.8. The Morgan fingerprint density at radius 3 is 1.30 bits per heavy atom. The lowest BCUT2D eigenvalue weighted by atomic mass is 9.85. The Labute approximate surface area is 461 Å². The number of pyridine rings is 3. The predicted molar refractivity (Wildman–Crippen MR) is 295 cm³/mol. The molecular formula is C63H51F6N9O3. The summed E-state index contributed by atoms with van der Waals surface area (Å²) in [5.41, 5.74) is 2.89. The molecule has 6 aromatic heterocycles. The molecule has 0 atom stereocenters. The monoisotopic (exact) mass is 1100 g/mol. The zero-order chi connectivity index (χ0) is 57.5. The van der Waals surface area contributed by atoms with Gasteiger partial charge >= 0.3 is 0 Å². The Bertz CT molecular complexity index is 4300. The Morgan fingerprint density at radius 2 is 0.852 bits per heavy atom. The quantitative estimate of drug-likeness (QED) is 0.0824. The summed E-state index contributed by atoms with van der Waals surface area (Å²) in [6.45, 7) is 14.8. The van der Waals surface area contributed by atoms with Crippen LogP contribution in [0.1, 0.15) is 112 Å². The summed E-state index contributed by atoms with van der Waals surface area (Å²) in [6.07, 6.45) is 8.15. The summed E-state index contributed by atoms with van der Waals surface area (Å²) >= 11 is 0. The van der Waals surface area contributed by atoms with Gasteiger partial charge in [-0.3, -0.25) is 28.1 Å². The van der Waals surface area contributed by atoms with Gasteiger partial charge in [-0.25, -0.2) is 43.1 Å². The maximum absolute atomic E-state index is 13.7. The molecule has 81 heavy (non-hydrogen) atoms. The van der Waals surface area contributed by atoms with E-state index in [-0.39, 0.29) is 49.6 Å². The van der Waals surface area contributed by atoms with Crippen molar-refractivity contribution in [1.29, 1.82) is 0 Å². The van der Waals surface area contributed by atoms with E-state index in [4.69, 9.17) is 0 Å². The lowest BCUT2D eigenvalue weighted by molar-refractivity contribution is 0.240. The van der Waals surface area contributed by atoms with Crippen molar-refractivity contribution in [3.63, 3.8) is 0 Å². The molecule has 9 heterocycles. The molecule has 0 N–H and O–H groups in total. The first kappa shape index (κ1) is 55.1. The molecule has 0 amide bonds. The Hall–Kier alpha value is -9.21. The van der Waals surface area contributed by atoms with E-state index >= 15 is 0 Å². The highest BCUT2D eigenvalue weighted by atomic mass is 19.2. The normalized spacial score (nSPS) is 15.1. The molecule has 0 bridgehead atoms. The number of hydrogen-bond acceptors (Lipinski definition) is 9. The van der Waals surface area contributed by atoms with Gasteiger partial charge in [0.2, 0.25) is 17.8 Å². The van der Waals surface area contributed by atoms with Gasteiger partial charge in [0, 0.05) is 74.0 Å². The number of hydrogen-bond donors (Lipinski definition) is 0. The lowest BCUT2D eigenvalue weighted by Gasteiger charge is -2.31. The first-order chi connectivity index (χ1) is 38.5. The molecule has 3 aliphatic rings. The first-order valence-corrected chi connectivity index (χ1v) is 26.1. The number of nitrogens with zero attached hydrogens (tertiary/aromatic N) is 9. The van der Waals surface area contributed by atoms with Gasteiger partial charge in [0.1, 0.15) is 28.9 Å². The molecule has 408 valence electrons. The fourth-order valence-electron chi connectivity index (χ4n) is 9.93. The van der Waals surface area contributed by atoms with E-state index in [1.54, 1.807) is 68.3 Å². The van der Waals surface area contributed by atoms with E-state index in [0.717, 1.165) is 80.5 Å². The molecule has 0 saturated heterocycles. The number of fused-ring (bicyclic) bond motifs is 6. The zero-order valence-electron chi connectivity index (χ0n) is 45.0. The maximum Gasteiger partial charge on any atom is 0.261 e. The van der Waals surface area contributed by atoms with Crippen molar-refractivity contribution in [2.45, 2.75) is 99.7 Å². The van der Waals surface area contributed by atoms with Crippen LogP contribution in [0.25, 0.3) is 32.7 Å². The predicted octanol–water partition coefficient (Wildman–Crippen LogP) is 10.3. The topological polar surface area (TPSA) is 143 Å². The molecule has 9 aromatic rings. The molecule has 0 spiro atoms. The van der Waals surface area contributed by atoms with Crippen molar-refractivity contribution in [2.24, 2.45) is 16.2 Å². The first-order valence-electron chi connectivity index (χ1n) is 26.1. The Morgan fingerprint density at radius 1 is 0.444 bits per heavy atom. The van der Waals surface area contributed by atoms with Crippen molar-refractivity contribution in [3.8, 4) is 35.5 Å². The number of halogens is 6. The zero-order valence-corrected chi connectivity index (χ0v) is 45.0. The SMILES string of the molecule is CC1(C)CCc2nc3cc(C#Cc4c(F)ccnc4F)ccc3c(=O)n2C1.CC1(C)CCc2nc3cc(C#Cc4cc(F)ncc4F)ccc3c(=O)n2C1.CC1(C)CCc2nc3cc(C#Cc4ccnc(F)c4F)ccc3c(=O)n2C1. The van der Waals surface area contributed by atoms with Crippen LogP contribution in [-0.2, 0) is 38.9 Å². The Kier molecular flexibility index (Phi) is 14.8. The van der Waals surface area contributed by atoms with Crippen LogP contribution in [-0.4, -0.2) is 43.6 Å². The summed E-state index contributed by atoms with van der Waals surface area (Å²) in [6, 6.07) is 18.5. The summed E-state index contributed by atoms with van der Waals surface area (Å²) in [5, 5.41) is 1.58. The van der Waals surface area contributed by atoms with Crippen molar-refractivity contribution < 1.29 is 26.3 Å². The third kappa shape index (κ3) is 12.0. The second-order valence-corrected chi connectivity index (χ2v) is 22.6. The largest absolute Gasteiger partial charge is 0.296 e. The fourth-order valence-corrected chi connectivity index (χ4v) is 9.93. The van der Waals surface area contributed by atoms with Crippen LogP contribution in [0.3, 0.4) is 0 Å². The minimum Gasteiger partial charge on any atom is -0.296 e. The second-order valence-electron chi connectivity index (χ2n) is 22.6. The van der Waals surface area contributed by atoms with Gasteiger partial charge in [-0.1, -0.05) is 77.1 Å². The molecule has 0 unspecified atom stereocenters. The Balaban J connectivity index is 0.000000136. The molecular weight excluding hydrogens is 1040 g/mol. The van der Waals surface area contributed by atoms with Crippen LogP contribution in [0.15, 0.2) is 106 Å². The van der Waals surface area contributed by atoms with Crippen LogP contribution >= 0.6 is 0 Å². The highest BCUT2D eigenvalue weighted by Crippen LogP contribution is 2.32. The van der Waals surface area contributed by atoms with E-state index in [1.165, 1.54) is 12.3 Å². The van der Waals surface area contributed by atoms with Crippen molar-refractivity contribution >= 4 is 32.7 Å². The minimum atomic E-state index is -1.18. The average Bonchev–Trinajstić information content (AvgIpc) is 3.62. The van der Waals surface area contributed by atoms with Gasteiger partial charge < -0.3 is 0 Å². The van der Waals surface area contributed by atoms with E-state index < -0.39 is 35.3 Å². The number of benzene rings is 3. The van der Waals surface area contributed by atoms with Gasteiger partial charge in [0.15, 0.2) is 11.6 Å². The minimum absolute atomic E-state index is 0.0514. The van der Waals surface area contributed by atoms with Gasteiger partial charge in [-0.15, -0.1) is 0 Å². The van der Waals surface area contributed by atoms with E-state index in [9.17, 15) is 40.7 Å². The molecule has 0 aliphatic carbocycles. The third-order valence-electron chi connectivity index (χ3n) is 14.5. The van der Waals surface area contributed by atoms with Gasteiger partial charge in [-0.2, -0.15) is 13.2 Å². The summed E-state index contributed by atoms with van der Waals surface area (Å²) in [7, 11) is 0. The molecule has 3 aromatic carbocycles. The lowest BCUT2D eigenvalue weighted by Crippen LogP contribution is -2.36. The van der Waals surface area contributed by atoms with Crippen LogP contribution in [0.2, 0.25) is 0 Å². The van der Waals surface area contributed by atoms with Crippen molar-refractivity contribution in [2.75, 3.05) is 0 Å². The molecule has 12 rings (SSSR count). The molecule has 12 nitrogen and oxygen atoms in total. The summed E-state index contributed by atoms with van der Waals surface area (Å²) < 4.78 is 86.2. The van der Waals surface area contributed by atoms with Crippen LogP contribution < -0.4 is 16.7 Å². The van der Waals surface area contributed by atoms with E-state index in [2.05, 4.69) is 107 Å². The third-order valence-corrected chi connectivity index (χ3v) is 14.5.